The van der Waals surface area contributed by atoms with Crippen LogP contribution in [0.3, 0.4) is 0 Å². The fourth-order valence-corrected chi connectivity index (χ4v) is 2.40. The van der Waals surface area contributed by atoms with Gasteiger partial charge in [-0.1, -0.05) is 13.0 Å². The summed E-state index contributed by atoms with van der Waals surface area (Å²) >= 11 is 0. The second-order valence-corrected chi connectivity index (χ2v) is 4.72. The van der Waals surface area contributed by atoms with Crippen LogP contribution in [0.4, 0.5) is 0 Å². The molecule has 1 aromatic heterocycles. The van der Waals surface area contributed by atoms with Gasteiger partial charge in [0.15, 0.2) is 0 Å². The third-order valence-corrected chi connectivity index (χ3v) is 3.43. The van der Waals surface area contributed by atoms with Crippen LogP contribution in [0.1, 0.15) is 29.4 Å². The number of carbonyl (C=O) groups excluding carboxylic acids is 1. The predicted octanol–water partition coefficient (Wildman–Crippen LogP) is 1.33. The summed E-state index contributed by atoms with van der Waals surface area (Å²) in [6.45, 7) is 4.14. The molecule has 0 radical (unpaired) electrons. The van der Waals surface area contributed by atoms with Gasteiger partial charge in [-0.15, -0.1) is 0 Å². The fraction of sp³-hybridized carbons (Fsp3) is 0.462. The van der Waals surface area contributed by atoms with E-state index in [0.29, 0.717) is 18.7 Å². The van der Waals surface area contributed by atoms with Gasteiger partial charge in [0.1, 0.15) is 11.7 Å². The van der Waals surface area contributed by atoms with Crippen molar-refractivity contribution in [2.45, 2.75) is 26.3 Å². The Morgan fingerprint density at radius 3 is 2.83 bits per heavy atom. The third-order valence-electron chi connectivity index (χ3n) is 3.43. The molecule has 5 heteroatoms. The highest BCUT2D eigenvalue weighted by Crippen LogP contribution is 2.26. The van der Waals surface area contributed by atoms with Crippen LogP contribution in [0.5, 0.6) is 0 Å². The molecule has 0 spiro atoms. The number of aliphatic carboxylic acids is 1. The summed E-state index contributed by atoms with van der Waals surface area (Å²) in [5.41, 5.74) is 1.11. The molecule has 18 heavy (non-hydrogen) atoms. The molecular weight excluding hydrogens is 232 g/mol. The normalized spacial score (nSPS) is 23.1. The first-order valence-electron chi connectivity index (χ1n) is 5.97. The van der Waals surface area contributed by atoms with E-state index in [-0.39, 0.29) is 11.8 Å². The van der Waals surface area contributed by atoms with E-state index >= 15 is 0 Å². The number of likely N-dealkylation sites (tertiary alicyclic amines) is 1. The van der Waals surface area contributed by atoms with Gasteiger partial charge in [-0.25, -0.2) is 4.79 Å². The zero-order valence-corrected chi connectivity index (χ0v) is 10.5. The van der Waals surface area contributed by atoms with Gasteiger partial charge < -0.3 is 10.0 Å². The number of carboxylic acids is 1. The Morgan fingerprint density at radius 2 is 2.22 bits per heavy atom. The van der Waals surface area contributed by atoms with Crippen LogP contribution in [-0.2, 0) is 4.79 Å². The van der Waals surface area contributed by atoms with E-state index in [1.165, 1.54) is 4.90 Å². The standard InChI is InChI=1S/C13H16N2O3/c1-8-4-3-6-14-10(8)12(16)15-7-5-9(2)11(15)13(17)18/h3-4,6,9,11H,5,7H2,1-2H3,(H,17,18). The smallest absolute Gasteiger partial charge is 0.326 e. The summed E-state index contributed by atoms with van der Waals surface area (Å²) in [7, 11) is 0. The van der Waals surface area contributed by atoms with Crippen LogP contribution in [0.15, 0.2) is 18.3 Å². The van der Waals surface area contributed by atoms with Crippen LogP contribution >= 0.6 is 0 Å². The van der Waals surface area contributed by atoms with Gasteiger partial charge in [0.2, 0.25) is 0 Å². The maximum absolute atomic E-state index is 12.3. The van der Waals surface area contributed by atoms with E-state index in [1.807, 2.05) is 6.92 Å². The summed E-state index contributed by atoms with van der Waals surface area (Å²) in [6, 6.07) is 2.82. The Balaban J connectivity index is 2.29. The molecule has 5 nitrogen and oxygen atoms in total. The SMILES string of the molecule is Cc1cccnc1C(=O)N1CCC(C)C1C(=O)O. The first-order valence-corrected chi connectivity index (χ1v) is 5.97. The van der Waals surface area contributed by atoms with Crippen molar-refractivity contribution in [3.05, 3.63) is 29.6 Å². The number of carbonyl (C=O) groups is 2. The summed E-state index contributed by atoms with van der Waals surface area (Å²) in [6.07, 6.45) is 2.27. The number of carboxylic acid groups (broad SMARTS) is 1. The number of aromatic nitrogens is 1. The molecular formula is C13H16N2O3. The number of hydrogen-bond donors (Lipinski definition) is 1. The molecule has 1 fully saturated rings. The van der Waals surface area contributed by atoms with Gasteiger partial charge in [-0.3, -0.25) is 9.78 Å². The molecule has 2 atom stereocenters. The third kappa shape index (κ3) is 2.08. The number of nitrogens with zero attached hydrogens (tertiary/aromatic N) is 2. The average Bonchev–Trinajstić information content (AvgIpc) is 2.71. The molecule has 1 amide bonds. The summed E-state index contributed by atoms with van der Waals surface area (Å²) in [4.78, 5) is 29.0. The van der Waals surface area contributed by atoms with Crippen molar-refractivity contribution in [3.8, 4) is 0 Å². The van der Waals surface area contributed by atoms with Crippen LogP contribution in [0.25, 0.3) is 0 Å². The minimum absolute atomic E-state index is 0.0181. The second-order valence-electron chi connectivity index (χ2n) is 4.72. The van der Waals surface area contributed by atoms with Crippen molar-refractivity contribution < 1.29 is 14.7 Å². The van der Waals surface area contributed by atoms with E-state index in [9.17, 15) is 14.7 Å². The van der Waals surface area contributed by atoms with Gasteiger partial charge in [-0.2, -0.15) is 0 Å². The molecule has 1 aliphatic heterocycles. The average molecular weight is 248 g/mol. The van der Waals surface area contributed by atoms with Crippen molar-refractivity contribution >= 4 is 11.9 Å². The molecule has 2 unspecified atom stereocenters. The lowest BCUT2D eigenvalue weighted by Gasteiger charge is -2.23. The van der Waals surface area contributed by atoms with Crippen molar-refractivity contribution in [1.82, 2.24) is 9.88 Å². The number of amides is 1. The molecule has 2 heterocycles. The Hall–Kier alpha value is -1.91. The highest BCUT2D eigenvalue weighted by molar-refractivity contribution is 5.96. The van der Waals surface area contributed by atoms with Gasteiger partial charge in [-0.05, 0) is 30.9 Å². The number of pyridine rings is 1. The summed E-state index contributed by atoms with van der Waals surface area (Å²) in [5, 5.41) is 9.20. The Labute approximate surface area is 105 Å². The van der Waals surface area contributed by atoms with Gasteiger partial charge >= 0.3 is 5.97 Å². The quantitative estimate of drug-likeness (QED) is 0.857. The molecule has 0 aliphatic carbocycles. The number of aryl methyl sites for hydroxylation is 1. The van der Waals surface area contributed by atoms with Crippen molar-refractivity contribution in [1.29, 1.82) is 0 Å². The fourth-order valence-electron chi connectivity index (χ4n) is 2.40. The molecule has 2 rings (SSSR count). The van der Waals surface area contributed by atoms with Crippen molar-refractivity contribution in [2.24, 2.45) is 5.92 Å². The molecule has 1 aliphatic rings. The van der Waals surface area contributed by atoms with E-state index in [2.05, 4.69) is 4.98 Å². The van der Waals surface area contributed by atoms with E-state index in [4.69, 9.17) is 0 Å². The van der Waals surface area contributed by atoms with Gasteiger partial charge in [0.25, 0.3) is 5.91 Å². The van der Waals surface area contributed by atoms with Gasteiger partial charge in [0, 0.05) is 12.7 Å². The van der Waals surface area contributed by atoms with E-state index < -0.39 is 12.0 Å². The Morgan fingerprint density at radius 1 is 1.50 bits per heavy atom. The zero-order chi connectivity index (χ0) is 13.3. The highest BCUT2D eigenvalue weighted by atomic mass is 16.4. The maximum Gasteiger partial charge on any atom is 0.326 e. The molecule has 1 saturated heterocycles. The maximum atomic E-state index is 12.3. The van der Waals surface area contributed by atoms with Crippen LogP contribution in [-0.4, -0.2) is 39.5 Å². The summed E-state index contributed by atoms with van der Waals surface area (Å²) < 4.78 is 0. The minimum Gasteiger partial charge on any atom is -0.480 e. The minimum atomic E-state index is -0.943. The monoisotopic (exact) mass is 248 g/mol. The van der Waals surface area contributed by atoms with E-state index in [1.54, 1.807) is 25.3 Å². The largest absolute Gasteiger partial charge is 0.480 e. The zero-order valence-electron chi connectivity index (χ0n) is 10.5. The van der Waals surface area contributed by atoms with Crippen LogP contribution < -0.4 is 0 Å². The van der Waals surface area contributed by atoms with E-state index in [0.717, 1.165) is 5.56 Å². The number of rotatable bonds is 2. The second kappa shape index (κ2) is 4.76. The lowest BCUT2D eigenvalue weighted by molar-refractivity contribution is -0.142. The highest BCUT2D eigenvalue weighted by Gasteiger charge is 2.40. The Bertz CT molecular complexity index is 487. The van der Waals surface area contributed by atoms with Crippen molar-refractivity contribution in [2.75, 3.05) is 6.54 Å². The van der Waals surface area contributed by atoms with Crippen molar-refractivity contribution in [3.63, 3.8) is 0 Å². The molecule has 1 aromatic rings. The lowest BCUT2D eigenvalue weighted by Crippen LogP contribution is -2.43. The van der Waals surface area contributed by atoms with Crippen LogP contribution in [0, 0.1) is 12.8 Å². The van der Waals surface area contributed by atoms with Crippen LogP contribution in [0.2, 0.25) is 0 Å². The lowest BCUT2D eigenvalue weighted by atomic mass is 10.0. The Kier molecular flexibility index (Phi) is 3.32. The molecule has 96 valence electrons. The topological polar surface area (TPSA) is 70.5 Å². The number of hydrogen-bond acceptors (Lipinski definition) is 3. The van der Waals surface area contributed by atoms with Gasteiger partial charge in [0.05, 0.1) is 0 Å². The first kappa shape index (κ1) is 12.5. The molecule has 0 bridgehead atoms. The predicted molar refractivity (Wildman–Crippen MR) is 65.2 cm³/mol. The first-order chi connectivity index (χ1) is 8.52. The molecule has 0 aromatic carbocycles. The molecule has 0 saturated carbocycles. The molecule has 1 N–H and O–H groups in total. The summed E-state index contributed by atoms with van der Waals surface area (Å²) in [5.74, 6) is -1.25.